The lowest BCUT2D eigenvalue weighted by Gasteiger charge is -2.32. The number of benzene rings is 1. The molecule has 0 amide bonds. The number of sulfone groups is 1. The number of rotatable bonds is 2. The molecule has 0 bridgehead atoms. The summed E-state index contributed by atoms with van der Waals surface area (Å²) in [5.41, 5.74) is 2.81. The van der Waals surface area contributed by atoms with Crippen molar-refractivity contribution in [1.29, 1.82) is 0 Å². The van der Waals surface area contributed by atoms with Crippen LogP contribution in [0.2, 0.25) is 0 Å². The Bertz CT molecular complexity index is 542. The van der Waals surface area contributed by atoms with Gasteiger partial charge in [0.25, 0.3) is 0 Å². The van der Waals surface area contributed by atoms with Crippen LogP contribution in [-0.2, 0) is 15.6 Å². The van der Waals surface area contributed by atoms with E-state index in [-0.39, 0.29) is 0 Å². The highest BCUT2D eigenvalue weighted by atomic mass is 32.2. The van der Waals surface area contributed by atoms with Crippen molar-refractivity contribution < 1.29 is 8.42 Å². The van der Waals surface area contributed by atoms with Crippen LogP contribution in [0.25, 0.3) is 0 Å². The molecule has 0 saturated carbocycles. The summed E-state index contributed by atoms with van der Waals surface area (Å²) in [5.74, 6) is 2.85. The molecule has 1 aromatic rings. The molecule has 0 spiro atoms. The molecule has 1 unspecified atom stereocenters. The number of nitrogens with one attached hydrogen (secondary N) is 1. The van der Waals surface area contributed by atoms with Gasteiger partial charge in [-0.15, -0.1) is 0 Å². The molecule has 104 valence electrons. The van der Waals surface area contributed by atoms with Crippen molar-refractivity contribution in [2.75, 3.05) is 17.3 Å². The zero-order chi connectivity index (χ0) is 13.3. The Labute approximate surface area is 119 Å². The molecule has 5 heteroatoms. The van der Waals surface area contributed by atoms with Gasteiger partial charge >= 0.3 is 0 Å². The topological polar surface area (TPSA) is 46.2 Å². The van der Waals surface area contributed by atoms with Gasteiger partial charge in [0.1, 0.15) is 9.84 Å². The van der Waals surface area contributed by atoms with E-state index in [0.29, 0.717) is 23.6 Å². The van der Waals surface area contributed by atoms with Gasteiger partial charge in [0.05, 0.1) is 11.5 Å². The average Bonchev–Trinajstić information content (AvgIpc) is 2.42. The fourth-order valence-corrected chi connectivity index (χ4v) is 5.46. The standard InChI is InChI=1S/C14H19NO2S2/c16-19(17)7-5-12(6-8-19)15-14-10-18-9-11-3-1-2-4-13(11)14/h1-4,12,14-15H,5-10H2. The van der Waals surface area contributed by atoms with E-state index < -0.39 is 9.84 Å². The second kappa shape index (κ2) is 5.46. The maximum absolute atomic E-state index is 11.5. The van der Waals surface area contributed by atoms with Crippen LogP contribution >= 0.6 is 11.8 Å². The third-order valence-electron chi connectivity index (χ3n) is 3.96. The van der Waals surface area contributed by atoms with Gasteiger partial charge in [-0.3, -0.25) is 0 Å². The van der Waals surface area contributed by atoms with E-state index in [1.54, 1.807) is 0 Å². The lowest BCUT2D eigenvalue weighted by Crippen LogP contribution is -2.41. The highest BCUT2D eigenvalue weighted by Crippen LogP contribution is 2.32. The first kappa shape index (κ1) is 13.5. The van der Waals surface area contributed by atoms with E-state index in [4.69, 9.17) is 0 Å². The van der Waals surface area contributed by atoms with Gasteiger partial charge in [0, 0.05) is 23.6 Å². The minimum absolute atomic E-state index is 0.339. The number of fused-ring (bicyclic) bond motifs is 1. The second-order valence-corrected chi connectivity index (χ2v) is 8.69. The Morgan fingerprint density at radius 2 is 1.89 bits per heavy atom. The lowest BCUT2D eigenvalue weighted by atomic mass is 10.00. The highest BCUT2D eigenvalue weighted by molar-refractivity contribution is 7.98. The third kappa shape index (κ3) is 3.15. The van der Waals surface area contributed by atoms with E-state index in [9.17, 15) is 8.42 Å². The lowest BCUT2D eigenvalue weighted by molar-refractivity contribution is 0.421. The zero-order valence-corrected chi connectivity index (χ0v) is 12.5. The van der Waals surface area contributed by atoms with Crippen LogP contribution in [0.15, 0.2) is 24.3 Å². The molecule has 1 aromatic carbocycles. The number of hydrogen-bond donors (Lipinski definition) is 1. The molecule has 19 heavy (non-hydrogen) atoms. The van der Waals surface area contributed by atoms with Crippen molar-refractivity contribution in [3.63, 3.8) is 0 Å². The molecule has 1 saturated heterocycles. The van der Waals surface area contributed by atoms with Crippen LogP contribution in [0, 0.1) is 0 Å². The number of hydrogen-bond acceptors (Lipinski definition) is 4. The molecule has 1 N–H and O–H groups in total. The molecule has 0 aliphatic carbocycles. The predicted molar refractivity (Wildman–Crippen MR) is 80.2 cm³/mol. The Balaban J connectivity index is 1.68. The van der Waals surface area contributed by atoms with Crippen molar-refractivity contribution in [2.45, 2.75) is 30.7 Å². The summed E-state index contributed by atoms with van der Waals surface area (Å²) in [6.45, 7) is 0. The largest absolute Gasteiger partial charge is 0.306 e. The third-order valence-corrected chi connectivity index (χ3v) is 6.76. The first-order valence-corrected chi connectivity index (χ1v) is 9.74. The fraction of sp³-hybridized carbons (Fsp3) is 0.571. The summed E-state index contributed by atoms with van der Waals surface area (Å²) in [6, 6.07) is 9.30. The van der Waals surface area contributed by atoms with Gasteiger partial charge in [-0.05, 0) is 24.0 Å². The highest BCUT2D eigenvalue weighted by Gasteiger charge is 2.27. The Morgan fingerprint density at radius 3 is 2.68 bits per heavy atom. The first-order valence-electron chi connectivity index (χ1n) is 6.76. The van der Waals surface area contributed by atoms with Crippen LogP contribution in [-0.4, -0.2) is 31.7 Å². The van der Waals surface area contributed by atoms with Crippen LogP contribution in [0.3, 0.4) is 0 Å². The van der Waals surface area contributed by atoms with Gasteiger partial charge in [-0.1, -0.05) is 24.3 Å². The first-order chi connectivity index (χ1) is 9.14. The van der Waals surface area contributed by atoms with Crippen molar-refractivity contribution in [2.24, 2.45) is 0 Å². The van der Waals surface area contributed by atoms with Gasteiger partial charge in [-0.25, -0.2) is 8.42 Å². The molecule has 3 rings (SSSR count). The Morgan fingerprint density at radius 1 is 1.16 bits per heavy atom. The second-order valence-electron chi connectivity index (χ2n) is 5.36. The molecular weight excluding hydrogens is 278 g/mol. The van der Waals surface area contributed by atoms with Crippen molar-refractivity contribution in [1.82, 2.24) is 5.32 Å². The summed E-state index contributed by atoms with van der Waals surface area (Å²) in [5, 5.41) is 3.67. The molecule has 0 radical (unpaired) electrons. The van der Waals surface area contributed by atoms with Gasteiger partial charge in [-0.2, -0.15) is 11.8 Å². The van der Waals surface area contributed by atoms with E-state index in [0.717, 1.165) is 24.3 Å². The molecule has 2 aliphatic rings. The van der Waals surface area contributed by atoms with Crippen molar-refractivity contribution >= 4 is 21.6 Å². The Hall–Kier alpha value is -0.520. The minimum Gasteiger partial charge on any atom is -0.306 e. The maximum Gasteiger partial charge on any atom is 0.150 e. The summed E-state index contributed by atoms with van der Waals surface area (Å²) >= 11 is 1.95. The molecule has 1 fully saturated rings. The van der Waals surface area contributed by atoms with Crippen LogP contribution in [0.1, 0.15) is 30.0 Å². The smallest absolute Gasteiger partial charge is 0.150 e. The van der Waals surface area contributed by atoms with Crippen LogP contribution < -0.4 is 5.32 Å². The summed E-state index contributed by atoms with van der Waals surface area (Å²) in [4.78, 5) is 0. The zero-order valence-electron chi connectivity index (χ0n) is 10.8. The quantitative estimate of drug-likeness (QED) is 0.908. The fourth-order valence-electron chi connectivity index (χ4n) is 2.86. The summed E-state index contributed by atoms with van der Waals surface area (Å²) < 4.78 is 22.9. The van der Waals surface area contributed by atoms with E-state index in [1.165, 1.54) is 11.1 Å². The monoisotopic (exact) mass is 297 g/mol. The summed E-state index contributed by atoms with van der Waals surface area (Å²) in [6.07, 6.45) is 1.51. The van der Waals surface area contributed by atoms with Crippen molar-refractivity contribution in [3.8, 4) is 0 Å². The summed E-state index contributed by atoms with van der Waals surface area (Å²) in [7, 11) is -2.76. The van der Waals surface area contributed by atoms with Gasteiger partial charge < -0.3 is 5.32 Å². The molecule has 2 aliphatic heterocycles. The normalized spacial score (nSPS) is 26.8. The molecule has 2 heterocycles. The Kier molecular flexibility index (Phi) is 3.87. The SMILES string of the molecule is O=S1(=O)CCC(NC2CSCc3ccccc32)CC1. The maximum atomic E-state index is 11.5. The van der Waals surface area contributed by atoms with E-state index in [1.807, 2.05) is 11.8 Å². The van der Waals surface area contributed by atoms with Crippen LogP contribution in [0.4, 0.5) is 0 Å². The van der Waals surface area contributed by atoms with Crippen molar-refractivity contribution in [3.05, 3.63) is 35.4 Å². The molecule has 3 nitrogen and oxygen atoms in total. The van der Waals surface area contributed by atoms with Gasteiger partial charge in [0.15, 0.2) is 0 Å². The molecule has 1 atom stereocenters. The van der Waals surface area contributed by atoms with E-state index in [2.05, 4.69) is 29.6 Å². The predicted octanol–water partition coefficient (Wildman–Crippen LogP) is 2.14. The van der Waals surface area contributed by atoms with Gasteiger partial charge in [0.2, 0.25) is 0 Å². The number of thioether (sulfide) groups is 1. The molecular formula is C14H19NO2S2. The average molecular weight is 297 g/mol. The van der Waals surface area contributed by atoms with E-state index >= 15 is 0 Å². The minimum atomic E-state index is -2.76. The molecule has 0 aromatic heterocycles. The van der Waals surface area contributed by atoms with Crippen LogP contribution in [0.5, 0.6) is 0 Å².